The largest absolute Gasteiger partial charge is 0.315 e. The van der Waals surface area contributed by atoms with Gasteiger partial charge in [0.15, 0.2) is 0 Å². The van der Waals surface area contributed by atoms with E-state index in [-0.39, 0.29) is 0 Å². The molecule has 0 aliphatic heterocycles. The Labute approximate surface area is 108 Å². The predicted octanol–water partition coefficient (Wildman–Crippen LogP) is 3.13. The van der Waals surface area contributed by atoms with Gasteiger partial charge in [0.2, 0.25) is 0 Å². The topological polar surface area (TPSA) is 15.3 Å². The highest BCUT2D eigenvalue weighted by Gasteiger charge is 2.47. The average molecular weight is 240 g/mol. The van der Waals surface area contributed by atoms with Crippen LogP contribution >= 0.6 is 0 Å². The minimum atomic E-state index is 0.302. The molecule has 102 valence electrons. The highest BCUT2D eigenvalue weighted by molar-refractivity contribution is 5.05. The Morgan fingerprint density at radius 1 is 1.29 bits per heavy atom. The van der Waals surface area contributed by atoms with Gasteiger partial charge in [-0.25, -0.2) is 0 Å². The van der Waals surface area contributed by atoms with Crippen molar-refractivity contribution >= 4 is 0 Å². The molecule has 2 nitrogen and oxygen atoms in total. The summed E-state index contributed by atoms with van der Waals surface area (Å²) in [7, 11) is 6.64. The lowest BCUT2D eigenvalue weighted by Crippen LogP contribution is -2.64. The second-order valence-electron chi connectivity index (χ2n) is 7.29. The Morgan fingerprint density at radius 3 is 2.24 bits per heavy atom. The summed E-state index contributed by atoms with van der Waals surface area (Å²) in [4.78, 5) is 2.48. The minimum Gasteiger partial charge on any atom is -0.315 e. The summed E-state index contributed by atoms with van der Waals surface area (Å²) in [5, 5.41) is 3.61. The molecule has 0 aromatic rings. The van der Waals surface area contributed by atoms with Gasteiger partial charge >= 0.3 is 0 Å². The van der Waals surface area contributed by atoms with Gasteiger partial charge in [-0.05, 0) is 45.3 Å². The summed E-state index contributed by atoms with van der Waals surface area (Å²) in [6.45, 7) is 9.49. The molecule has 1 aliphatic carbocycles. The Kier molecular flexibility index (Phi) is 4.65. The van der Waals surface area contributed by atoms with Crippen molar-refractivity contribution in [3.8, 4) is 0 Å². The van der Waals surface area contributed by atoms with Gasteiger partial charge in [0.1, 0.15) is 0 Å². The molecule has 1 N–H and O–H groups in total. The molecule has 2 heteroatoms. The predicted molar refractivity (Wildman–Crippen MR) is 76.4 cm³/mol. The smallest absolute Gasteiger partial charge is 0.0363 e. The van der Waals surface area contributed by atoms with Crippen LogP contribution in [0, 0.1) is 11.3 Å². The molecular formula is C15H32N2. The van der Waals surface area contributed by atoms with E-state index in [2.05, 4.69) is 59.1 Å². The number of nitrogens with zero attached hydrogens (tertiary/aromatic N) is 1. The molecule has 0 aromatic heterocycles. The third-order valence-electron chi connectivity index (χ3n) is 4.59. The molecule has 1 rings (SSSR count). The van der Waals surface area contributed by atoms with E-state index in [9.17, 15) is 0 Å². The van der Waals surface area contributed by atoms with Crippen LogP contribution in [0.4, 0.5) is 0 Å². The Morgan fingerprint density at radius 2 is 1.88 bits per heavy atom. The van der Waals surface area contributed by atoms with Gasteiger partial charge in [0.25, 0.3) is 0 Å². The van der Waals surface area contributed by atoms with E-state index in [0.717, 1.165) is 5.92 Å². The molecule has 0 heterocycles. The first-order valence-electron chi connectivity index (χ1n) is 7.09. The first-order chi connectivity index (χ1) is 7.74. The van der Waals surface area contributed by atoms with Crippen molar-refractivity contribution in [2.45, 2.75) is 65.0 Å². The van der Waals surface area contributed by atoms with Crippen molar-refractivity contribution in [2.75, 3.05) is 21.1 Å². The monoisotopic (exact) mass is 240 g/mol. The lowest BCUT2D eigenvalue weighted by atomic mass is 9.64. The first kappa shape index (κ1) is 15.0. The zero-order chi connectivity index (χ0) is 13.3. The van der Waals surface area contributed by atoms with Crippen molar-refractivity contribution in [1.82, 2.24) is 10.2 Å². The Balaban J connectivity index is 3.05. The normalized spacial score (nSPS) is 32.8. The van der Waals surface area contributed by atoms with Gasteiger partial charge in [0.05, 0.1) is 0 Å². The van der Waals surface area contributed by atoms with Crippen LogP contribution in [0.1, 0.15) is 53.4 Å². The molecule has 3 unspecified atom stereocenters. The second-order valence-corrected chi connectivity index (χ2v) is 7.29. The van der Waals surface area contributed by atoms with E-state index in [0.29, 0.717) is 17.0 Å². The molecule has 0 amide bonds. The average Bonchev–Trinajstić information content (AvgIpc) is 2.15. The molecule has 0 saturated heterocycles. The Bertz CT molecular complexity index is 242. The first-order valence-corrected chi connectivity index (χ1v) is 7.09. The summed E-state index contributed by atoms with van der Waals surface area (Å²) in [6.07, 6.45) is 5.42. The van der Waals surface area contributed by atoms with Gasteiger partial charge in [-0.1, -0.05) is 40.5 Å². The van der Waals surface area contributed by atoms with Crippen molar-refractivity contribution in [3.63, 3.8) is 0 Å². The second kappa shape index (κ2) is 5.27. The highest BCUT2D eigenvalue weighted by Crippen LogP contribution is 2.43. The number of rotatable bonds is 3. The molecule has 0 spiro atoms. The van der Waals surface area contributed by atoms with Crippen LogP contribution in [0.2, 0.25) is 0 Å². The summed E-state index contributed by atoms with van der Waals surface area (Å²) < 4.78 is 0. The number of hydrogen-bond donors (Lipinski definition) is 1. The van der Waals surface area contributed by atoms with Crippen molar-refractivity contribution < 1.29 is 0 Å². The number of nitrogens with one attached hydrogen (secondary N) is 1. The van der Waals surface area contributed by atoms with Crippen molar-refractivity contribution in [1.29, 1.82) is 0 Å². The van der Waals surface area contributed by atoms with Gasteiger partial charge in [-0.15, -0.1) is 0 Å². The van der Waals surface area contributed by atoms with Crippen molar-refractivity contribution in [2.24, 2.45) is 11.3 Å². The molecule has 1 fully saturated rings. The fourth-order valence-corrected chi connectivity index (χ4v) is 4.00. The lowest BCUT2D eigenvalue weighted by Gasteiger charge is -2.54. The SMILES string of the molecule is CNC(C(C)(C)C)C1(N(C)C)CCCC(C)C1. The zero-order valence-electron chi connectivity index (χ0n) is 12.9. The van der Waals surface area contributed by atoms with Crippen LogP contribution in [-0.2, 0) is 0 Å². The van der Waals surface area contributed by atoms with Crippen LogP contribution in [0.3, 0.4) is 0 Å². The molecule has 0 bridgehead atoms. The fourth-order valence-electron chi connectivity index (χ4n) is 4.00. The molecule has 0 aromatic carbocycles. The molecule has 0 radical (unpaired) electrons. The van der Waals surface area contributed by atoms with Gasteiger partial charge in [-0.3, -0.25) is 0 Å². The maximum atomic E-state index is 3.61. The van der Waals surface area contributed by atoms with Crippen LogP contribution < -0.4 is 5.32 Å². The quantitative estimate of drug-likeness (QED) is 0.815. The lowest BCUT2D eigenvalue weighted by molar-refractivity contribution is 0.000478. The molecule has 1 aliphatic rings. The number of hydrogen-bond acceptors (Lipinski definition) is 2. The van der Waals surface area contributed by atoms with Crippen molar-refractivity contribution in [3.05, 3.63) is 0 Å². The molecule has 1 saturated carbocycles. The summed E-state index contributed by atoms with van der Waals surface area (Å²) >= 11 is 0. The van der Waals surface area contributed by atoms with Crippen LogP contribution in [0.25, 0.3) is 0 Å². The minimum absolute atomic E-state index is 0.302. The summed E-state index contributed by atoms with van der Waals surface area (Å²) in [6, 6.07) is 0.549. The maximum Gasteiger partial charge on any atom is 0.0363 e. The molecule has 3 atom stereocenters. The van der Waals surface area contributed by atoms with E-state index in [1.165, 1.54) is 25.7 Å². The maximum absolute atomic E-state index is 3.61. The standard InChI is InChI=1S/C15H32N2/c1-12-9-8-10-15(11-12,17(6)7)13(16-5)14(2,3)4/h12-13,16H,8-11H2,1-7H3. The van der Waals surface area contributed by atoms with Crippen LogP contribution in [0.5, 0.6) is 0 Å². The Hall–Kier alpha value is -0.0800. The van der Waals surface area contributed by atoms with E-state index in [1.807, 2.05) is 0 Å². The fraction of sp³-hybridized carbons (Fsp3) is 1.00. The van der Waals surface area contributed by atoms with E-state index in [1.54, 1.807) is 0 Å². The van der Waals surface area contributed by atoms with E-state index >= 15 is 0 Å². The highest BCUT2D eigenvalue weighted by atomic mass is 15.2. The third-order valence-corrected chi connectivity index (χ3v) is 4.59. The zero-order valence-corrected chi connectivity index (χ0v) is 12.9. The van der Waals surface area contributed by atoms with Crippen LogP contribution in [-0.4, -0.2) is 37.6 Å². The van der Waals surface area contributed by atoms with Crippen LogP contribution in [0.15, 0.2) is 0 Å². The van der Waals surface area contributed by atoms with E-state index < -0.39 is 0 Å². The summed E-state index contributed by atoms with van der Waals surface area (Å²) in [5.41, 5.74) is 0.626. The van der Waals surface area contributed by atoms with Gasteiger partial charge < -0.3 is 10.2 Å². The molecule has 17 heavy (non-hydrogen) atoms. The van der Waals surface area contributed by atoms with E-state index in [4.69, 9.17) is 0 Å². The third kappa shape index (κ3) is 3.03. The summed E-state index contributed by atoms with van der Waals surface area (Å²) in [5.74, 6) is 0.851. The molecular weight excluding hydrogens is 208 g/mol. The van der Waals surface area contributed by atoms with Gasteiger partial charge in [0, 0.05) is 11.6 Å². The van der Waals surface area contributed by atoms with Gasteiger partial charge in [-0.2, -0.15) is 0 Å². The number of likely N-dealkylation sites (N-methyl/N-ethyl adjacent to an activating group) is 2.